The highest BCUT2D eigenvalue weighted by molar-refractivity contribution is 5.91. The molecule has 7 rings (SSSR count). The van der Waals surface area contributed by atoms with E-state index < -0.39 is 24.2 Å². The van der Waals surface area contributed by atoms with E-state index in [0.29, 0.717) is 46.7 Å². The van der Waals surface area contributed by atoms with Crippen LogP contribution in [0, 0.1) is 40.4 Å². The van der Waals surface area contributed by atoms with Crippen molar-refractivity contribution in [2.45, 2.75) is 149 Å². The maximum absolute atomic E-state index is 14.2. The first-order valence-corrected chi connectivity index (χ1v) is 21.5. The number of nitrogens with one attached hydrogen (secondary N) is 2. The molecular weight excluding hydrogens is 691 g/mol. The predicted octanol–water partition coefficient (Wildman–Crippen LogP) is 8.52. The molecule has 5 fully saturated rings. The number of methoxy groups -OCH3 is 1. The number of fused-ring (bicyclic) bond motifs is 2. The topological polar surface area (TPSA) is 120 Å². The molecular formula is C46H69N3O6. The first kappa shape index (κ1) is 41.6. The van der Waals surface area contributed by atoms with Crippen LogP contribution in [0.25, 0.3) is 11.1 Å². The van der Waals surface area contributed by atoms with Crippen molar-refractivity contribution in [2.24, 2.45) is 40.4 Å². The van der Waals surface area contributed by atoms with Crippen LogP contribution in [0.1, 0.15) is 124 Å². The number of para-hydroxylation sites is 1. The Bertz CT molecular complexity index is 1620. The second kappa shape index (κ2) is 17.7. The lowest BCUT2D eigenvalue weighted by Gasteiger charge is -2.62. The van der Waals surface area contributed by atoms with Crippen LogP contribution in [0.2, 0.25) is 0 Å². The largest absolute Gasteiger partial charge is 0.496 e. The summed E-state index contributed by atoms with van der Waals surface area (Å²) in [6.45, 7) is 13.1. The van der Waals surface area contributed by atoms with E-state index in [-0.39, 0.29) is 31.0 Å². The van der Waals surface area contributed by atoms with Crippen molar-refractivity contribution >= 4 is 17.5 Å². The van der Waals surface area contributed by atoms with E-state index in [4.69, 9.17) is 9.57 Å². The van der Waals surface area contributed by atoms with E-state index in [1.807, 2.05) is 42.5 Å². The molecule has 9 atom stereocenters. The number of amides is 2. The molecule has 55 heavy (non-hydrogen) atoms. The molecule has 2 aromatic rings. The molecule has 0 radical (unpaired) electrons. The fraction of sp³-hybridized carbons (Fsp3) is 0.696. The van der Waals surface area contributed by atoms with Gasteiger partial charge in [-0.15, -0.1) is 0 Å². The molecule has 2 aromatic carbocycles. The standard InChI is InChI=1S/C46H69N3O6/c1-8-33(46(9-2)22-12-10-11-13-23-46)20-21-40(52)47-35-18-14-16-31(24-35)36-19-15-17-32(43(36)54-7)27-49-42(41(30(4)51)39(28-50)55-49)44(53)48-38-26-34-25-37(29(38)3)45(34,5)6/h14-19,24,29-30,33-34,37-39,41-42,50-51H,8-13,20-23,25-28H2,1-7H3,(H,47,52)(H,48,53)/t29-,30-,33?,34+,37-,38-,39-,41-,42-/m0/s1. The lowest BCUT2D eigenvalue weighted by molar-refractivity contribution is -0.183. The van der Waals surface area contributed by atoms with Crippen molar-refractivity contribution < 1.29 is 29.4 Å². The first-order chi connectivity index (χ1) is 26.4. The van der Waals surface area contributed by atoms with E-state index in [2.05, 4.69) is 45.3 Å². The number of carbonyl (C=O) groups excluding carboxylic acids is 2. The van der Waals surface area contributed by atoms with Gasteiger partial charge < -0.3 is 25.6 Å². The van der Waals surface area contributed by atoms with Gasteiger partial charge >= 0.3 is 0 Å². The van der Waals surface area contributed by atoms with Crippen LogP contribution in [-0.2, 0) is 21.0 Å². The molecule has 1 saturated heterocycles. The Morgan fingerprint density at radius 2 is 1.78 bits per heavy atom. The van der Waals surface area contributed by atoms with Crippen LogP contribution < -0.4 is 15.4 Å². The molecule has 4 N–H and O–H groups in total. The Morgan fingerprint density at radius 3 is 2.40 bits per heavy atom. The molecule has 0 spiro atoms. The molecule has 0 aromatic heterocycles. The summed E-state index contributed by atoms with van der Waals surface area (Å²) in [6, 6.07) is 13.0. The van der Waals surface area contributed by atoms with Crippen molar-refractivity contribution in [1.29, 1.82) is 0 Å². The van der Waals surface area contributed by atoms with E-state index in [0.717, 1.165) is 41.6 Å². The smallest absolute Gasteiger partial charge is 0.240 e. The monoisotopic (exact) mass is 760 g/mol. The van der Waals surface area contributed by atoms with E-state index in [9.17, 15) is 19.8 Å². The number of nitrogens with zero attached hydrogens (tertiary/aromatic N) is 1. The minimum absolute atomic E-state index is 0.0427. The average Bonchev–Trinajstić information content (AvgIpc) is 3.37. The van der Waals surface area contributed by atoms with Gasteiger partial charge in [-0.1, -0.05) is 103 Å². The summed E-state index contributed by atoms with van der Waals surface area (Å²) >= 11 is 0. The minimum atomic E-state index is -0.877. The maximum Gasteiger partial charge on any atom is 0.240 e. The minimum Gasteiger partial charge on any atom is -0.496 e. The fourth-order valence-corrected chi connectivity index (χ4v) is 11.5. The van der Waals surface area contributed by atoms with Gasteiger partial charge in [-0.25, -0.2) is 0 Å². The molecule has 2 amide bonds. The van der Waals surface area contributed by atoms with Gasteiger partial charge in [0, 0.05) is 35.2 Å². The summed E-state index contributed by atoms with van der Waals surface area (Å²) in [5.74, 6) is 1.95. The summed E-state index contributed by atoms with van der Waals surface area (Å²) in [5.41, 5.74) is 3.95. The molecule has 1 heterocycles. The zero-order valence-corrected chi connectivity index (χ0v) is 34.6. The van der Waals surface area contributed by atoms with Crippen molar-refractivity contribution in [3.05, 3.63) is 48.0 Å². The number of ether oxygens (including phenoxy) is 1. The number of hydroxylamine groups is 2. The van der Waals surface area contributed by atoms with Crippen LogP contribution in [0.15, 0.2) is 42.5 Å². The summed E-state index contributed by atoms with van der Waals surface area (Å²) in [5, 5.41) is 29.4. The summed E-state index contributed by atoms with van der Waals surface area (Å²) in [6.07, 6.45) is 12.1. The number of hydrogen-bond acceptors (Lipinski definition) is 7. The van der Waals surface area contributed by atoms with Crippen molar-refractivity contribution in [3.8, 4) is 16.9 Å². The first-order valence-electron chi connectivity index (χ1n) is 21.5. The second-order valence-corrected chi connectivity index (χ2v) is 18.1. The van der Waals surface area contributed by atoms with Crippen LogP contribution in [-0.4, -0.2) is 65.1 Å². The van der Waals surface area contributed by atoms with Gasteiger partial charge in [-0.05, 0) is 91.2 Å². The van der Waals surface area contributed by atoms with Crippen LogP contribution >= 0.6 is 0 Å². The number of anilines is 1. The zero-order valence-electron chi connectivity index (χ0n) is 34.6. The van der Waals surface area contributed by atoms with Gasteiger partial charge in [0.15, 0.2) is 0 Å². The van der Waals surface area contributed by atoms with Crippen LogP contribution in [0.4, 0.5) is 5.69 Å². The highest BCUT2D eigenvalue weighted by Crippen LogP contribution is 2.61. The number of aliphatic hydroxyl groups is 2. The average molecular weight is 760 g/mol. The summed E-state index contributed by atoms with van der Waals surface area (Å²) in [7, 11) is 1.64. The number of aliphatic hydroxyl groups excluding tert-OH is 2. The third-order valence-electron chi connectivity index (χ3n) is 15.0. The number of hydrogen-bond donors (Lipinski definition) is 4. The molecule has 4 saturated carbocycles. The Kier molecular flexibility index (Phi) is 13.4. The lowest BCUT2D eigenvalue weighted by Crippen LogP contribution is -2.62. The highest BCUT2D eigenvalue weighted by atomic mass is 16.7. The predicted molar refractivity (Wildman–Crippen MR) is 218 cm³/mol. The normalized spacial score (nSPS) is 29.7. The quantitative estimate of drug-likeness (QED) is 0.135. The third-order valence-corrected chi connectivity index (χ3v) is 15.0. The molecule has 2 bridgehead atoms. The maximum atomic E-state index is 14.2. The van der Waals surface area contributed by atoms with Gasteiger partial charge in [0.2, 0.25) is 11.8 Å². The van der Waals surface area contributed by atoms with Crippen molar-refractivity contribution in [3.63, 3.8) is 0 Å². The van der Waals surface area contributed by atoms with Crippen molar-refractivity contribution in [1.82, 2.24) is 10.4 Å². The highest BCUT2D eigenvalue weighted by Gasteiger charge is 2.57. The number of benzene rings is 2. The zero-order chi connectivity index (χ0) is 39.5. The SMILES string of the molecule is CCC(CCC(=O)Nc1cccc(-c2cccc(CN3O[C@@H](CO)[C@H]([C@H](C)O)[C@H]3C(=O)N[C@H]3C[C@H]4C[C@@H]([C@@H]3C)C4(C)C)c2OC)c1)C1(CC)CCCCCC1. The Balaban J connectivity index is 1.17. The van der Waals surface area contributed by atoms with Gasteiger partial charge in [-0.3, -0.25) is 14.4 Å². The Morgan fingerprint density at radius 1 is 1.05 bits per heavy atom. The molecule has 9 nitrogen and oxygen atoms in total. The van der Waals surface area contributed by atoms with Gasteiger partial charge in [-0.2, -0.15) is 5.06 Å². The molecule has 4 aliphatic carbocycles. The molecule has 1 unspecified atom stereocenters. The number of carbonyl (C=O) groups is 2. The van der Waals surface area contributed by atoms with E-state index in [1.54, 1.807) is 19.1 Å². The molecule has 304 valence electrons. The van der Waals surface area contributed by atoms with Crippen molar-refractivity contribution in [2.75, 3.05) is 19.0 Å². The second-order valence-electron chi connectivity index (χ2n) is 18.1. The summed E-state index contributed by atoms with van der Waals surface area (Å²) in [4.78, 5) is 33.9. The summed E-state index contributed by atoms with van der Waals surface area (Å²) < 4.78 is 6.05. The van der Waals surface area contributed by atoms with E-state index >= 15 is 0 Å². The molecule has 9 heteroatoms. The molecule has 5 aliphatic rings. The van der Waals surface area contributed by atoms with E-state index in [1.165, 1.54) is 51.4 Å². The van der Waals surface area contributed by atoms with Gasteiger partial charge in [0.25, 0.3) is 0 Å². The number of rotatable bonds is 15. The van der Waals surface area contributed by atoms with Crippen LogP contribution in [0.3, 0.4) is 0 Å². The Hall–Kier alpha value is -2.98. The van der Waals surface area contributed by atoms with Crippen LogP contribution in [0.5, 0.6) is 5.75 Å². The lowest BCUT2D eigenvalue weighted by atomic mass is 9.45. The Labute approximate surface area is 330 Å². The molecule has 1 aliphatic heterocycles. The third kappa shape index (κ3) is 8.51. The fourth-order valence-electron chi connectivity index (χ4n) is 11.5. The van der Waals surface area contributed by atoms with Gasteiger partial charge in [0.1, 0.15) is 17.9 Å². The van der Waals surface area contributed by atoms with Gasteiger partial charge in [0.05, 0.1) is 26.4 Å².